The van der Waals surface area contributed by atoms with Gasteiger partial charge in [0.2, 0.25) is 0 Å². The van der Waals surface area contributed by atoms with Crippen LogP contribution in [0.15, 0.2) is 36.7 Å². The number of aryl methyl sites for hydroxylation is 1. The van der Waals surface area contributed by atoms with E-state index in [2.05, 4.69) is 39.1 Å². The van der Waals surface area contributed by atoms with Gasteiger partial charge >= 0.3 is 0 Å². The minimum absolute atomic E-state index is 0.258. The van der Waals surface area contributed by atoms with Gasteiger partial charge in [-0.2, -0.15) is 5.10 Å². The van der Waals surface area contributed by atoms with Gasteiger partial charge in [0.1, 0.15) is 0 Å². The van der Waals surface area contributed by atoms with Crippen LogP contribution in [-0.4, -0.2) is 21.8 Å². The van der Waals surface area contributed by atoms with Crippen LogP contribution in [-0.2, 0) is 13.0 Å². The van der Waals surface area contributed by atoms with Crippen LogP contribution in [0.2, 0.25) is 0 Å². The Morgan fingerprint density at radius 2 is 2.17 bits per heavy atom. The Morgan fingerprint density at radius 3 is 2.83 bits per heavy atom. The van der Waals surface area contributed by atoms with E-state index in [1.807, 2.05) is 31.6 Å². The van der Waals surface area contributed by atoms with E-state index in [1.54, 1.807) is 0 Å². The molecule has 96 valence electrons. The first-order valence-electron chi connectivity index (χ1n) is 6.44. The van der Waals surface area contributed by atoms with Crippen LogP contribution in [0, 0.1) is 0 Å². The Morgan fingerprint density at radius 1 is 1.28 bits per heavy atom. The van der Waals surface area contributed by atoms with Crippen molar-refractivity contribution in [1.82, 2.24) is 20.1 Å². The second kappa shape index (κ2) is 6.31. The maximum atomic E-state index is 4.38. The second-order valence-electron chi connectivity index (χ2n) is 4.35. The molecule has 2 heterocycles. The number of nitrogens with one attached hydrogen (secondary N) is 1. The molecule has 1 unspecified atom stereocenters. The van der Waals surface area contributed by atoms with Gasteiger partial charge in [0.25, 0.3) is 0 Å². The molecular weight excluding hydrogens is 224 g/mol. The van der Waals surface area contributed by atoms with Gasteiger partial charge in [0.15, 0.2) is 0 Å². The van der Waals surface area contributed by atoms with E-state index in [0.29, 0.717) is 0 Å². The summed E-state index contributed by atoms with van der Waals surface area (Å²) in [4.78, 5) is 4.38. The summed E-state index contributed by atoms with van der Waals surface area (Å²) in [6.07, 6.45) is 5.68. The van der Waals surface area contributed by atoms with Gasteiger partial charge in [-0.3, -0.25) is 9.67 Å². The van der Waals surface area contributed by atoms with Crippen LogP contribution >= 0.6 is 0 Å². The number of nitrogens with zero attached hydrogens (tertiary/aromatic N) is 3. The van der Waals surface area contributed by atoms with Gasteiger partial charge in [-0.25, -0.2) is 0 Å². The number of aromatic nitrogens is 3. The maximum absolute atomic E-state index is 4.38. The minimum Gasteiger partial charge on any atom is -0.311 e. The Balaban J connectivity index is 2.15. The quantitative estimate of drug-likeness (QED) is 0.847. The summed E-state index contributed by atoms with van der Waals surface area (Å²) in [6.45, 7) is 3.13. The number of hydrogen-bond donors (Lipinski definition) is 1. The number of hydrogen-bond acceptors (Lipinski definition) is 3. The predicted octanol–water partition coefficient (Wildman–Crippen LogP) is 2.19. The van der Waals surface area contributed by atoms with Gasteiger partial charge in [0, 0.05) is 31.1 Å². The minimum atomic E-state index is 0.258. The van der Waals surface area contributed by atoms with E-state index in [0.717, 1.165) is 25.1 Å². The highest BCUT2D eigenvalue weighted by Gasteiger charge is 2.15. The zero-order valence-electron chi connectivity index (χ0n) is 11.0. The predicted molar refractivity (Wildman–Crippen MR) is 72.3 cm³/mol. The fourth-order valence-corrected chi connectivity index (χ4v) is 2.12. The molecule has 2 rings (SSSR count). The van der Waals surface area contributed by atoms with Crippen LogP contribution in [0.1, 0.15) is 30.8 Å². The number of pyridine rings is 1. The topological polar surface area (TPSA) is 42.7 Å². The monoisotopic (exact) mass is 244 g/mol. The molecule has 2 aromatic rings. The van der Waals surface area contributed by atoms with Crippen molar-refractivity contribution < 1.29 is 0 Å². The van der Waals surface area contributed by atoms with Crippen molar-refractivity contribution in [2.24, 2.45) is 0 Å². The molecule has 4 nitrogen and oxygen atoms in total. The molecule has 1 atom stereocenters. The van der Waals surface area contributed by atoms with Gasteiger partial charge in [-0.05, 0) is 31.7 Å². The molecule has 0 fully saturated rings. The fourth-order valence-electron chi connectivity index (χ4n) is 2.12. The highest BCUT2D eigenvalue weighted by molar-refractivity contribution is 5.13. The largest absolute Gasteiger partial charge is 0.311 e. The summed E-state index contributed by atoms with van der Waals surface area (Å²) in [6, 6.07) is 8.37. The lowest BCUT2D eigenvalue weighted by atomic mass is 10.1. The Hall–Kier alpha value is -1.68. The molecular formula is C14H20N4. The summed E-state index contributed by atoms with van der Waals surface area (Å²) in [5.74, 6) is 0. The van der Waals surface area contributed by atoms with Gasteiger partial charge < -0.3 is 5.32 Å². The lowest BCUT2D eigenvalue weighted by Gasteiger charge is -2.17. The summed E-state index contributed by atoms with van der Waals surface area (Å²) in [5.41, 5.74) is 2.33. The van der Waals surface area contributed by atoms with Crippen molar-refractivity contribution in [2.45, 2.75) is 32.4 Å². The van der Waals surface area contributed by atoms with E-state index in [4.69, 9.17) is 0 Å². The molecule has 0 radical (unpaired) electrons. The van der Waals surface area contributed by atoms with E-state index in [9.17, 15) is 0 Å². The van der Waals surface area contributed by atoms with Crippen LogP contribution in [0.25, 0.3) is 0 Å². The molecule has 1 N–H and O–H groups in total. The summed E-state index contributed by atoms with van der Waals surface area (Å²) in [7, 11) is 1.98. The van der Waals surface area contributed by atoms with Crippen LogP contribution in [0.4, 0.5) is 0 Å². The van der Waals surface area contributed by atoms with Crippen molar-refractivity contribution in [3.8, 4) is 0 Å². The van der Waals surface area contributed by atoms with Gasteiger partial charge in [-0.15, -0.1) is 0 Å². The average Bonchev–Trinajstić information content (AvgIpc) is 2.86. The molecule has 0 bridgehead atoms. The van der Waals surface area contributed by atoms with E-state index in [-0.39, 0.29) is 6.04 Å². The first-order chi connectivity index (χ1) is 8.85. The number of rotatable bonds is 6. The molecule has 0 aromatic carbocycles. The molecule has 0 saturated carbocycles. The maximum Gasteiger partial charge on any atom is 0.0557 e. The third kappa shape index (κ3) is 2.96. The molecule has 2 aromatic heterocycles. The molecule has 0 saturated heterocycles. The van der Waals surface area contributed by atoms with Crippen molar-refractivity contribution in [3.05, 3.63) is 48.0 Å². The third-order valence-electron chi connectivity index (χ3n) is 3.03. The summed E-state index contributed by atoms with van der Waals surface area (Å²) in [5, 5.41) is 7.72. The van der Waals surface area contributed by atoms with Crippen molar-refractivity contribution >= 4 is 0 Å². The van der Waals surface area contributed by atoms with Crippen molar-refractivity contribution in [2.75, 3.05) is 7.05 Å². The molecule has 4 heteroatoms. The highest BCUT2D eigenvalue weighted by atomic mass is 15.3. The normalized spacial score (nSPS) is 12.6. The van der Waals surface area contributed by atoms with Gasteiger partial charge in [-0.1, -0.05) is 13.0 Å². The SMILES string of the molecule is CCCn1nccc1C(Cc1ccccn1)NC. The van der Waals surface area contributed by atoms with E-state index < -0.39 is 0 Å². The van der Waals surface area contributed by atoms with Crippen LogP contribution in [0.3, 0.4) is 0 Å². The Labute approximate surface area is 108 Å². The zero-order valence-corrected chi connectivity index (χ0v) is 11.0. The van der Waals surface area contributed by atoms with Crippen LogP contribution in [0.5, 0.6) is 0 Å². The third-order valence-corrected chi connectivity index (χ3v) is 3.03. The molecule has 0 aliphatic rings. The molecule has 0 aliphatic carbocycles. The van der Waals surface area contributed by atoms with Crippen molar-refractivity contribution in [1.29, 1.82) is 0 Å². The smallest absolute Gasteiger partial charge is 0.0557 e. The lowest BCUT2D eigenvalue weighted by molar-refractivity contribution is 0.494. The molecule has 0 spiro atoms. The zero-order chi connectivity index (χ0) is 12.8. The summed E-state index contributed by atoms with van der Waals surface area (Å²) < 4.78 is 2.07. The molecule has 0 aliphatic heterocycles. The van der Waals surface area contributed by atoms with E-state index in [1.165, 1.54) is 5.69 Å². The number of likely N-dealkylation sites (N-methyl/N-ethyl adjacent to an activating group) is 1. The highest BCUT2D eigenvalue weighted by Crippen LogP contribution is 2.17. The average molecular weight is 244 g/mol. The van der Waals surface area contributed by atoms with Crippen molar-refractivity contribution in [3.63, 3.8) is 0 Å². The van der Waals surface area contributed by atoms with Crippen LogP contribution < -0.4 is 5.32 Å². The lowest BCUT2D eigenvalue weighted by Crippen LogP contribution is -2.23. The standard InChI is InChI=1S/C14H20N4/c1-3-10-18-14(7-9-17-18)13(15-2)11-12-6-4-5-8-16-12/h4-9,13,15H,3,10-11H2,1-2H3. The molecule has 18 heavy (non-hydrogen) atoms. The first-order valence-corrected chi connectivity index (χ1v) is 6.44. The van der Waals surface area contributed by atoms with E-state index >= 15 is 0 Å². The Kier molecular flexibility index (Phi) is 4.47. The van der Waals surface area contributed by atoms with Gasteiger partial charge in [0.05, 0.1) is 11.7 Å². The second-order valence-corrected chi connectivity index (χ2v) is 4.35. The first kappa shape index (κ1) is 12.8. The fraction of sp³-hybridized carbons (Fsp3) is 0.429. The molecule has 0 amide bonds. The Bertz CT molecular complexity index is 464. The summed E-state index contributed by atoms with van der Waals surface area (Å²) >= 11 is 0.